The zero-order chi connectivity index (χ0) is 28.6. The minimum Gasteiger partial charge on any atom is -0.392 e. The van der Waals surface area contributed by atoms with Gasteiger partial charge >= 0.3 is 0 Å². The summed E-state index contributed by atoms with van der Waals surface area (Å²) >= 11 is 1.31. The molecule has 3 aromatic carbocycles. The number of nitrogens with two attached hydrogens (primary N) is 2. The fourth-order valence-corrected chi connectivity index (χ4v) is 7.79. The Labute approximate surface area is 241 Å². The van der Waals surface area contributed by atoms with Crippen LogP contribution in [-0.2, 0) is 19.3 Å². The molecule has 210 valence electrons. The Morgan fingerprint density at radius 3 is 1.90 bits per heavy atom. The molecule has 0 aliphatic carbocycles. The zero-order valence-electron chi connectivity index (χ0n) is 22.3. The van der Waals surface area contributed by atoms with Gasteiger partial charge in [0.25, 0.3) is 0 Å². The number of aromatic nitrogens is 4. The number of imidazole rings is 1. The van der Waals surface area contributed by atoms with Crippen LogP contribution in [0.25, 0.3) is 11.2 Å². The van der Waals surface area contributed by atoms with E-state index < -0.39 is 27.9 Å². The zero-order valence-corrected chi connectivity index (χ0v) is 23.1. The molecule has 6 rings (SSSR count). The first-order valence-corrected chi connectivity index (χ1v) is 14.4. The fraction of sp³-hybridized carbons (Fsp3) is 0.258. The third-order valence-corrected chi connectivity index (χ3v) is 9.76. The van der Waals surface area contributed by atoms with Crippen LogP contribution in [0.4, 0.5) is 11.8 Å². The second-order valence-electron chi connectivity index (χ2n) is 10.6. The lowest BCUT2D eigenvalue weighted by Gasteiger charge is -2.44. The molecule has 9 nitrogen and oxygen atoms in total. The van der Waals surface area contributed by atoms with Crippen molar-refractivity contribution in [3.8, 4) is 0 Å². The summed E-state index contributed by atoms with van der Waals surface area (Å²) in [7, 11) is 0. The van der Waals surface area contributed by atoms with Crippen LogP contribution in [0.5, 0.6) is 0 Å². The first-order chi connectivity index (χ1) is 19.8. The predicted molar refractivity (Wildman–Crippen MR) is 161 cm³/mol. The van der Waals surface area contributed by atoms with Gasteiger partial charge in [0.05, 0.1) is 17.7 Å². The van der Waals surface area contributed by atoms with Crippen molar-refractivity contribution in [2.24, 2.45) is 0 Å². The number of anilines is 2. The predicted octanol–water partition coefficient (Wildman–Crippen LogP) is 3.16. The highest BCUT2D eigenvalue weighted by atomic mass is 32.2. The number of nitrogens with zero attached hydrogens (tertiary/aromatic N) is 4. The van der Waals surface area contributed by atoms with Crippen molar-refractivity contribution in [2.45, 2.75) is 47.2 Å². The van der Waals surface area contributed by atoms with E-state index in [9.17, 15) is 15.3 Å². The largest absolute Gasteiger partial charge is 0.392 e. The molecule has 1 aliphatic heterocycles. The maximum Gasteiger partial charge on any atom is 0.224 e. The van der Waals surface area contributed by atoms with Crippen LogP contribution in [0.15, 0.2) is 97.3 Å². The van der Waals surface area contributed by atoms with Crippen molar-refractivity contribution < 1.29 is 15.3 Å². The van der Waals surface area contributed by atoms with E-state index in [-0.39, 0.29) is 24.6 Å². The third-order valence-electron chi connectivity index (χ3n) is 7.89. The Morgan fingerprint density at radius 2 is 1.32 bits per heavy atom. The van der Waals surface area contributed by atoms with Crippen molar-refractivity contribution in [2.75, 3.05) is 11.5 Å². The van der Waals surface area contributed by atoms with Crippen molar-refractivity contribution in [3.63, 3.8) is 0 Å². The Balaban J connectivity index is 1.52. The van der Waals surface area contributed by atoms with E-state index in [2.05, 4.69) is 15.0 Å². The molecule has 0 spiro atoms. The van der Waals surface area contributed by atoms with Crippen molar-refractivity contribution in [1.82, 2.24) is 19.5 Å². The molecule has 41 heavy (non-hydrogen) atoms. The second kappa shape index (κ2) is 10.8. The van der Waals surface area contributed by atoms with Crippen molar-refractivity contribution in [3.05, 3.63) is 114 Å². The number of benzene rings is 3. The van der Waals surface area contributed by atoms with Crippen LogP contribution in [-0.4, -0.2) is 57.4 Å². The molecule has 10 heteroatoms. The van der Waals surface area contributed by atoms with Crippen molar-refractivity contribution in [1.29, 1.82) is 0 Å². The fourth-order valence-electron chi connectivity index (χ4n) is 5.93. The van der Waals surface area contributed by atoms with Crippen molar-refractivity contribution >= 4 is 34.7 Å². The smallest absolute Gasteiger partial charge is 0.224 e. The molecule has 1 fully saturated rings. The average Bonchev–Trinajstić information content (AvgIpc) is 3.47. The number of nitrogen functional groups attached to an aromatic ring is 2. The van der Waals surface area contributed by atoms with Crippen LogP contribution in [0.3, 0.4) is 0 Å². The van der Waals surface area contributed by atoms with Gasteiger partial charge in [-0.05, 0) is 23.1 Å². The standard InChI is InChI=1S/C31H32N6O3S/c32-26-24-27(36-29(33)35-26)37(19-34-24)28-31(40,18-22-14-8-3-9-15-22)30(39,17-21-12-6-2-7-13-21)25(41-28)23(38)16-20-10-4-1-5-11-20/h1-15,19,23,25,28,38-40H,16-18H2,(H4,32,33,35,36)/t23?,25-,28-,30-,31-/m0/s1. The summed E-state index contributed by atoms with van der Waals surface area (Å²) in [6, 6.07) is 28.7. The molecule has 2 aromatic heterocycles. The van der Waals surface area contributed by atoms with E-state index in [4.69, 9.17) is 11.5 Å². The maximum absolute atomic E-state index is 12.9. The highest BCUT2D eigenvalue weighted by Gasteiger charge is 2.67. The van der Waals surface area contributed by atoms with Crippen LogP contribution >= 0.6 is 11.8 Å². The number of aliphatic hydroxyl groups is 3. The van der Waals surface area contributed by atoms with E-state index >= 15 is 0 Å². The maximum atomic E-state index is 12.9. The number of rotatable bonds is 8. The van der Waals surface area contributed by atoms with Gasteiger partial charge < -0.3 is 26.8 Å². The topological polar surface area (TPSA) is 156 Å². The average molecular weight is 569 g/mol. The highest BCUT2D eigenvalue weighted by molar-refractivity contribution is 8.00. The minimum absolute atomic E-state index is 0.0217. The lowest BCUT2D eigenvalue weighted by Crippen LogP contribution is -2.62. The van der Waals surface area contributed by atoms with Crippen LogP contribution in [0, 0.1) is 0 Å². The minimum atomic E-state index is -1.78. The van der Waals surface area contributed by atoms with E-state index in [1.165, 1.54) is 18.1 Å². The summed E-state index contributed by atoms with van der Waals surface area (Å²) in [6.45, 7) is 0. The van der Waals surface area contributed by atoms with Crippen LogP contribution in [0.2, 0.25) is 0 Å². The Kier molecular flexibility index (Phi) is 7.16. The van der Waals surface area contributed by atoms with Crippen LogP contribution < -0.4 is 11.5 Å². The molecule has 5 aromatic rings. The Morgan fingerprint density at radius 1 is 0.780 bits per heavy atom. The molecule has 0 amide bonds. The molecular formula is C31H32N6O3S. The first-order valence-electron chi connectivity index (χ1n) is 13.4. The molecular weight excluding hydrogens is 536 g/mol. The molecule has 7 N–H and O–H groups in total. The summed E-state index contributed by atoms with van der Waals surface area (Å²) < 4.78 is 1.70. The molecule has 0 radical (unpaired) electrons. The molecule has 1 unspecified atom stereocenters. The van der Waals surface area contributed by atoms with Gasteiger partial charge in [0.2, 0.25) is 5.95 Å². The molecule has 3 heterocycles. The van der Waals surface area contributed by atoms with E-state index in [0.29, 0.717) is 17.6 Å². The number of fused-ring (bicyclic) bond motifs is 1. The Hall–Kier alpha value is -3.96. The summed E-state index contributed by atoms with van der Waals surface area (Å²) in [4.78, 5) is 12.9. The van der Waals surface area contributed by atoms with E-state index in [1.807, 2.05) is 91.0 Å². The van der Waals surface area contributed by atoms with Gasteiger partial charge in [0.1, 0.15) is 22.1 Å². The van der Waals surface area contributed by atoms with E-state index in [0.717, 1.165) is 16.7 Å². The number of aliphatic hydroxyl groups excluding tert-OH is 1. The van der Waals surface area contributed by atoms with Gasteiger partial charge in [-0.1, -0.05) is 91.0 Å². The van der Waals surface area contributed by atoms with E-state index in [1.54, 1.807) is 4.57 Å². The summed E-state index contributed by atoms with van der Waals surface area (Å²) in [5.74, 6) is 0.104. The van der Waals surface area contributed by atoms with Gasteiger partial charge in [-0.3, -0.25) is 4.57 Å². The number of thioether (sulfide) groups is 1. The lowest BCUT2D eigenvalue weighted by atomic mass is 9.71. The monoisotopic (exact) mass is 568 g/mol. The van der Waals surface area contributed by atoms with Gasteiger partial charge in [-0.15, -0.1) is 11.8 Å². The van der Waals surface area contributed by atoms with Crippen LogP contribution in [0.1, 0.15) is 22.1 Å². The normalized spacial score (nSPS) is 25.0. The molecule has 1 saturated heterocycles. The lowest BCUT2D eigenvalue weighted by molar-refractivity contribution is -0.160. The molecule has 1 aliphatic rings. The van der Waals surface area contributed by atoms with Gasteiger partial charge in [-0.2, -0.15) is 9.97 Å². The second-order valence-corrected chi connectivity index (χ2v) is 11.9. The summed E-state index contributed by atoms with van der Waals surface area (Å²) in [6.07, 6.45) is 1.08. The highest BCUT2D eigenvalue weighted by Crippen LogP contribution is 2.58. The van der Waals surface area contributed by atoms with Gasteiger partial charge in [0.15, 0.2) is 11.5 Å². The molecule has 0 bridgehead atoms. The Bertz CT molecular complexity index is 1640. The quantitative estimate of drug-likeness (QED) is 0.190. The van der Waals surface area contributed by atoms with Gasteiger partial charge in [0, 0.05) is 12.8 Å². The summed E-state index contributed by atoms with van der Waals surface area (Å²) in [5.41, 5.74) is 11.8. The SMILES string of the molecule is Nc1nc(N)c2ncn([C@H]3S[C@@H](C(O)Cc4ccccc4)[C@@](O)(Cc4ccccc4)[C@]3(O)Cc3ccccc3)c2n1. The third kappa shape index (κ3) is 4.93. The van der Waals surface area contributed by atoms with Gasteiger partial charge in [-0.25, -0.2) is 4.98 Å². The first kappa shape index (κ1) is 27.2. The summed E-state index contributed by atoms with van der Waals surface area (Å²) in [5, 5.41) is 35.9. The molecule has 5 atom stereocenters. The molecule has 0 saturated carbocycles. The number of hydrogen-bond acceptors (Lipinski definition) is 9. The number of hydrogen-bond donors (Lipinski definition) is 5.